The summed E-state index contributed by atoms with van der Waals surface area (Å²) in [5, 5.41) is 2.74. The molecule has 3 aromatic rings. The molecule has 8 nitrogen and oxygen atoms in total. The molecular formula is C18H14N4O4. The normalized spacial score (nSPS) is 12.0. The summed E-state index contributed by atoms with van der Waals surface area (Å²) >= 11 is 0. The van der Waals surface area contributed by atoms with Crippen LogP contribution in [-0.2, 0) is 6.54 Å². The zero-order valence-corrected chi connectivity index (χ0v) is 13.6. The van der Waals surface area contributed by atoms with Gasteiger partial charge in [0.05, 0.1) is 12.2 Å². The fourth-order valence-corrected chi connectivity index (χ4v) is 2.53. The Hall–Kier alpha value is -3.68. The minimum atomic E-state index is -0.312. The highest BCUT2D eigenvalue weighted by molar-refractivity contribution is 5.94. The van der Waals surface area contributed by atoms with Gasteiger partial charge in [-0.3, -0.25) is 14.6 Å². The summed E-state index contributed by atoms with van der Waals surface area (Å²) in [5.41, 5.74) is 1.11. The number of amides is 1. The maximum Gasteiger partial charge on any atom is 0.251 e. The van der Waals surface area contributed by atoms with Crippen LogP contribution in [0.3, 0.4) is 0 Å². The third-order valence-electron chi connectivity index (χ3n) is 3.77. The van der Waals surface area contributed by atoms with Crippen molar-refractivity contribution in [3.8, 4) is 23.0 Å². The first-order chi connectivity index (χ1) is 12.7. The van der Waals surface area contributed by atoms with Crippen LogP contribution in [0.1, 0.15) is 16.1 Å². The molecule has 0 atom stereocenters. The number of fused-ring (bicyclic) bond motifs is 1. The lowest BCUT2D eigenvalue weighted by molar-refractivity contribution is 0.0950. The maximum atomic E-state index is 12.3. The van der Waals surface area contributed by atoms with Gasteiger partial charge in [-0.2, -0.15) is 0 Å². The van der Waals surface area contributed by atoms with Crippen LogP contribution < -0.4 is 20.3 Å². The van der Waals surface area contributed by atoms with E-state index in [0.717, 1.165) is 0 Å². The van der Waals surface area contributed by atoms with Gasteiger partial charge in [-0.15, -0.1) is 0 Å². The van der Waals surface area contributed by atoms with E-state index in [9.17, 15) is 9.59 Å². The second-order valence-electron chi connectivity index (χ2n) is 5.55. The Labute approximate surface area is 147 Å². The molecule has 26 heavy (non-hydrogen) atoms. The molecule has 2 N–H and O–H groups in total. The highest BCUT2D eigenvalue weighted by Crippen LogP contribution is 2.32. The van der Waals surface area contributed by atoms with E-state index in [2.05, 4.69) is 20.3 Å². The van der Waals surface area contributed by atoms with Crippen molar-refractivity contribution in [1.29, 1.82) is 0 Å². The lowest BCUT2D eigenvalue weighted by atomic mass is 10.2. The molecule has 0 bridgehead atoms. The smallest absolute Gasteiger partial charge is 0.251 e. The van der Waals surface area contributed by atoms with Crippen LogP contribution in [0.4, 0.5) is 0 Å². The van der Waals surface area contributed by atoms with Crippen LogP contribution in [-0.4, -0.2) is 27.7 Å². The first-order valence-electron chi connectivity index (χ1n) is 7.88. The van der Waals surface area contributed by atoms with Gasteiger partial charge in [0, 0.05) is 17.8 Å². The third-order valence-corrected chi connectivity index (χ3v) is 3.77. The highest BCUT2D eigenvalue weighted by atomic mass is 16.7. The summed E-state index contributed by atoms with van der Waals surface area (Å²) in [6, 6.07) is 11.6. The van der Waals surface area contributed by atoms with Crippen LogP contribution in [0.2, 0.25) is 0 Å². The molecule has 8 heteroatoms. The van der Waals surface area contributed by atoms with Gasteiger partial charge < -0.3 is 19.8 Å². The van der Waals surface area contributed by atoms with E-state index in [1.807, 2.05) is 0 Å². The van der Waals surface area contributed by atoms with Crippen LogP contribution in [0, 0.1) is 0 Å². The number of nitrogens with zero attached hydrogens (tertiary/aromatic N) is 2. The van der Waals surface area contributed by atoms with Crippen molar-refractivity contribution in [2.45, 2.75) is 6.54 Å². The highest BCUT2D eigenvalue weighted by Gasteiger charge is 2.16. The van der Waals surface area contributed by atoms with E-state index in [4.69, 9.17) is 9.47 Å². The van der Waals surface area contributed by atoms with Gasteiger partial charge in [0.1, 0.15) is 5.69 Å². The van der Waals surface area contributed by atoms with Gasteiger partial charge in [-0.25, -0.2) is 4.98 Å². The number of carbonyl (C=O) groups is 1. The SMILES string of the molecule is O=C(NCc1cc(=O)[nH]c(-c2ccccn2)n1)c1ccc2c(c1)OCO2. The Bertz CT molecular complexity index is 1020. The molecule has 1 aromatic carbocycles. The van der Waals surface area contributed by atoms with Gasteiger partial charge >= 0.3 is 0 Å². The number of nitrogens with one attached hydrogen (secondary N) is 2. The van der Waals surface area contributed by atoms with Crippen LogP contribution in [0.5, 0.6) is 11.5 Å². The Morgan fingerprint density at radius 1 is 1.15 bits per heavy atom. The van der Waals surface area contributed by atoms with E-state index in [-0.39, 0.29) is 24.8 Å². The Morgan fingerprint density at radius 2 is 2.04 bits per heavy atom. The van der Waals surface area contributed by atoms with Gasteiger partial charge in [-0.1, -0.05) is 6.07 Å². The second kappa shape index (κ2) is 6.67. The first-order valence-corrected chi connectivity index (χ1v) is 7.88. The molecule has 1 aliphatic rings. The van der Waals surface area contributed by atoms with Gasteiger partial charge in [0.15, 0.2) is 17.3 Å². The summed E-state index contributed by atoms with van der Waals surface area (Å²) < 4.78 is 10.5. The van der Waals surface area contributed by atoms with Crippen molar-refractivity contribution < 1.29 is 14.3 Å². The number of H-pyrrole nitrogens is 1. The average molecular weight is 350 g/mol. The molecule has 0 spiro atoms. The zero-order valence-electron chi connectivity index (χ0n) is 13.6. The number of aromatic amines is 1. The fourth-order valence-electron chi connectivity index (χ4n) is 2.53. The van der Waals surface area contributed by atoms with E-state index in [1.54, 1.807) is 42.6 Å². The number of ether oxygens (including phenoxy) is 2. The molecule has 0 radical (unpaired) electrons. The first kappa shape index (κ1) is 15.8. The maximum absolute atomic E-state index is 12.3. The molecule has 1 amide bonds. The topological polar surface area (TPSA) is 106 Å². The molecule has 4 rings (SSSR count). The average Bonchev–Trinajstić information content (AvgIpc) is 3.14. The van der Waals surface area contributed by atoms with Crippen molar-refractivity contribution in [1.82, 2.24) is 20.3 Å². The molecule has 0 unspecified atom stereocenters. The standard InChI is InChI=1S/C18H14N4O4/c23-16-8-12(21-17(22-16)13-3-1-2-6-19-13)9-20-18(24)11-4-5-14-15(7-11)26-10-25-14/h1-8H,9-10H2,(H,20,24)(H,21,22,23). The van der Waals surface area contributed by atoms with Crippen LogP contribution in [0.25, 0.3) is 11.5 Å². The predicted molar refractivity (Wildman–Crippen MR) is 91.8 cm³/mol. The summed E-state index contributed by atoms with van der Waals surface area (Å²) in [7, 11) is 0. The van der Waals surface area contributed by atoms with Crippen molar-refractivity contribution >= 4 is 5.91 Å². The van der Waals surface area contributed by atoms with Crippen LogP contribution in [0.15, 0.2) is 53.5 Å². The lowest BCUT2D eigenvalue weighted by Gasteiger charge is -2.07. The van der Waals surface area contributed by atoms with Crippen LogP contribution >= 0.6 is 0 Å². The quantitative estimate of drug-likeness (QED) is 0.738. The molecule has 3 heterocycles. The molecule has 0 saturated heterocycles. The number of carbonyl (C=O) groups excluding carboxylic acids is 1. The lowest BCUT2D eigenvalue weighted by Crippen LogP contribution is -2.24. The van der Waals surface area contributed by atoms with E-state index in [1.165, 1.54) is 6.07 Å². The number of benzene rings is 1. The predicted octanol–water partition coefficient (Wildman–Crippen LogP) is 1.49. The van der Waals surface area contributed by atoms with Crippen molar-refractivity contribution in [2.75, 3.05) is 6.79 Å². The van der Waals surface area contributed by atoms with Crippen molar-refractivity contribution in [3.63, 3.8) is 0 Å². The molecule has 1 aliphatic heterocycles. The minimum absolute atomic E-state index is 0.108. The third kappa shape index (κ3) is 3.25. The van der Waals surface area contributed by atoms with E-state index >= 15 is 0 Å². The molecule has 130 valence electrons. The summed E-state index contributed by atoms with van der Waals surface area (Å²) in [6.07, 6.45) is 1.61. The second-order valence-corrected chi connectivity index (χ2v) is 5.55. The zero-order chi connectivity index (χ0) is 17.9. The number of rotatable bonds is 4. The fraction of sp³-hybridized carbons (Fsp3) is 0.111. The molecular weight excluding hydrogens is 336 g/mol. The number of hydrogen-bond donors (Lipinski definition) is 2. The molecule has 0 fully saturated rings. The number of aromatic nitrogens is 3. The minimum Gasteiger partial charge on any atom is -0.454 e. The Kier molecular flexibility index (Phi) is 4.06. The summed E-state index contributed by atoms with van der Waals surface area (Å²) in [4.78, 5) is 35.3. The van der Waals surface area contributed by atoms with Gasteiger partial charge in [0.25, 0.3) is 11.5 Å². The Balaban J connectivity index is 1.50. The largest absolute Gasteiger partial charge is 0.454 e. The van der Waals surface area contributed by atoms with E-state index in [0.29, 0.717) is 34.3 Å². The van der Waals surface area contributed by atoms with E-state index < -0.39 is 0 Å². The summed E-state index contributed by atoms with van der Waals surface area (Å²) in [5.74, 6) is 1.19. The Morgan fingerprint density at radius 3 is 2.88 bits per heavy atom. The summed E-state index contributed by atoms with van der Waals surface area (Å²) in [6.45, 7) is 0.254. The van der Waals surface area contributed by atoms with Crippen molar-refractivity contribution in [3.05, 3.63) is 70.3 Å². The number of pyridine rings is 1. The number of hydrogen-bond acceptors (Lipinski definition) is 6. The van der Waals surface area contributed by atoms with Gasteiger partial charge in [0.2, 0.25) is 6.79 Å². The molecule has 0 saturated carbocycles. The molecule has 0 aliphatic carbocycles. The monoisotopic (exact) mass is 350 g/mol. The molecule has 2 aromatic heterocycles. The van der Waals surface area contributed by atoms with Crippen molar-refractivity contribution in [2.24, 2.45) is 0 Å². The van der Waals surface area contributed by atoms with Gasteiger partial charge in [-0.05, 0) is 30.3 Å².